The molecule has 0 N–H and O–H groups in total. The third kappa shape index (κ3) is 2.86. The summed E-state index contributed by atoms with van der Waals surface area (Å²) in [5.41, 5.74) is 2.76. The number of oxazole rings is 1. The van der Waals surface area contributed by atoms with Gasteiger partial charge in [0, 0.05) is 11.6 Å². The van der Waals surface area contributed by atoms with Gasteiger partial charge in [0.15, 0.2) is 5.58 Å². The molecule has 4 rings (SSSR count). The first-order chi connectivity index (χ1) is 12.7. The first-order valence-electron chi connectivity index (χ1n) is 8.25. The number of rotatable bonds is 4. The average molecular weight is 347 g/mol. The van der Waals surface area contributed by atoms with Crippen molar-refractivity contribution in [2.75, 3.05) is 7.11 Å². The Hall–Kier alpha value is -3.41. The molecule has 0 aliphatic carbocycles. The number of ether oxygens (including phenoxy) is 1. The molecule has 1 unspecified atom stereocenters. The molecule has 6 heteroatoms. The number of para-hydroxylation sites is 2. The molecule has 0 aliphatic heterocycles. The van der Waals surface area contributed by atoms with Crippen molar-refractivity contribution < 1.29 is 9.15 Å². The van der Waals surface area contributed by atoms with Crippen molar-refractivity contribution in [2.45, 2.75) is 13.0 Å². The van der Waals surface area contributed by atoms with E-state index in [2.05, 4.69) is 10.1 Å². The average Bonchev–Trinajstić information content (AvgIpc) is 3.12. The van der Waals surface area contributed by atoms with Crippen LogP contribution >= 0.6 is 0 Å². The Kier molecular flexibility index (Phi) is 4.01. The number of methoxy groups -OCH3 is 1. The molecule has 0 aliphatic rings. The zero-order valence-corrected chi connectivity index (χ0v) is 14.4. The summed E-state index contributed by atoms with van der Waals surface area (Å²) in [7, 11) is 1.61. The number of nitrogens with zero attached hydrogens (tertiary/aromatic N) is 3. The molecule has 2 heterocycles. The second kappa shape index (κ2) is 6.48. The molecule has 0 saturated carbocycles. The van der Waals surface area contributed by atoms with Crippen LogP contribution in [0, 0.1) is 0 Å². The fourth-order valence-corrected chi connectivity index (χ4v) is 2.81. The fraction of sp³-hybridized carbons (Fsp3) is 0.150. The van der Waals surface area contributed by atoms with Crippen LogP contribution in [0.2, 0.25) is 0 Å². The van der Waals surface area contributed by atoms with Crippen LogP contribution in [0.25, 0.3) is 22.4 Å². The molecule has 4 aromatic rings. The highest BCUT2D eigenvalue weighted by Crippen LogP contribution is 2.24. The minimum atomic E-state index is -0.430. The normalized spacial score (nSPS) is 12.2. The Bertz CT molecular complexity index is 1100. The highest BCUT2D eigenvalue weighted by Gasteiger charge is 2.18. The summed E-state index contributed by atoms with van der Waals surface area (Å²) in [6.07, 6.45) is 0. The van der Waals surface area contributed by atoms with Gasteiger partial charge in [0.05, 0.1) is 12.8 Å². The van der Waals surface area contributed by atoms with E-state index in [1.54, 1.807) is 13.2 Å². The highest BCUT2D eigenvalue weighted by molar-refractivity contribution is 5.72. The lowest BCUT2D eigenvalue weighted by Gasteiger charge is -2.12. The van der Waals surface area contributed by atoms with Crippen LogP contribution in [0.4, 0.5) is 0 Å². The Labute approximate surface area is 149 Å². The molecular formula is C20H17N3O3. The van der Waals surface area contributed by atoms with Gasteiger partial charge >= 0.3 is 0 Å². The van der Waals surface area contributed by atoms with Gasteiger partial charge in [-0.3, -0.25) is 4.79 Å². The third-order valence-electron chi connectivity index (χ3n) is 4.23. The van der Waals surface area contributed by atoms with Gasteiger partial charge in [-0.1, -0.05) is 24.3 Å². The minimum absolute atomic E-state index is 0.216. The van der Waals surface area contributed by atoms with Crippen molar-refractivity contribution >= 4 is 11.1 Å². The van der Waals surface area contributed by atoms with Crippen molar-refractivity contribution in [3.8, 4) is 17.0 Å². The second-order valence-electron chi connectivity index (χ2n) is 5.93. The molecule has 2 aromatic heterocycles. The van der Waals surface area contributed by atoms with E-state index in [1.165, 1.54) is 10.7 Å². The summed E-state index contributed by atoms with van der Waals surface area (Å²) < 4.78 is 12.4. The lowest BCUT2D eigenvalue weighted by molar-refractivity contribution is 0.414. The monoisotopic (exact) mass is 347 g/mol. The highest BCUT2D eigenvalue weighted by atomic mass is 16.5. The Morgan fingerprint density at radius 3 is 2.73 bits per heavy atom. The number of benzene rings is 2. The van der Waals surface area contributed by atoms with E-state index in [9.17, 15) is 4.79 Å². The number of fused-ring (bicyclic) bond motifs is 1. The van der Waals surface area contributed by atoms with Crippen LogP contribution in [0.5, 0.6) is 5.75 Å². The van der Waals surface area contributed by atoms with Crippen molar-refractivity contribution in [3.63, 3.8) is 0 Å². The maximum absolute atomic E-state index is 12.4. The van der Waals surface area contributed by atoms with Gasteiger partial charge in [-0.15, -0.1) is 0 Å². The standard InChI is InChI=1S/C20H17N3O3/c1-13(20-21-17-8-3-4-9-18(17)26-20)23-19(24)11-10-16(22-23)14-6-5-7-15(12-14)25-2/h3-13H,1-2H3. The van der Waals surface area contributed by atoms with Crippen LogP contribution in [-0.4, -0.2) is 21.9 Å². The lowest BCUT2D eigenvalue weighted by Crippen LogP contribution is -2.26. The molecule has 2 aromatic carbocycles. The number of aromatic nitrogens is 3. The van der Waals surface area contributed by atoms with Crippen molar-refractivity contribution in [1.82, 2.24) is 14.8 Å². The maximum atomic E-state index is 12.4. The van der Waals surface area contributed by atoms with Gasteiger partial charge in [-0.05, 0) is 37.3 Å². The summed E-state index contributed by atoms with van der Waals surface area (Å²) >= 11 is 0. The largest absolute Gasteiger partial charge is 0.497 e. The van der Waals surface area contributed by atoms with E-state index < -0.39 is 6.04 Å². The second-order valence-corrected chi connectivity index (χ2v) is 5.93. The molecule has 0 amide bonds. The third-order valence-corrected chi connectivity index (χ3v) is 4.23. The predicted octanol–water partition coefficient (Wildman–Crippen LogP) is 3.67. The first kappa shape index (κ1) is 16.1. The minimum Gasteiger partial charge on any atom is -0.497 e. The Morgan fingerprint density at radius 2 is 1.92 bits per heavy atom. The molecule has 6 nitrogen and oxygen atoms in total. The molecule has 130 valence electrons. The van der Waals surface area contributed by atoms with E-state index in [-0.39, 0.29) is 5.56 Å². The van der Waals surface area contributed by atoms with E-state index in [1.807, 2.05) is 55.5 Å². The molecule has 0 spiro atoms. The summed E-state index contributed by atoms with van der Waals surface area (Å²) in [5, 5.41) is 4.51. The van der Waals surface area contributed by atoms with Gasteiger partial charge < -0.3 is 9.15 Å². The van der Waals surface area contributed by atoms with Gasteiger partial charge in [0.25, 0.3) is 5.56 Å². The smallest absolute Gasteiger partial charge is 0.267 e. The molecule has 0 bridgehead atoms. The van der Waals surface area contributed by atoms with Gasteiger partial charge in [-0.25, -0.2) is 9.67 Å². The fourth-order valence-electron chi connectivity index (χ4n) is 2.81. The lowest BCUT2D eigenvalue weighted by atomic mass is 10.1. The van der Waals surface area contributed by atoms with Gasteiger partial charge in [-0.2, -0.15) is 5.10 Å². The van der Waals surface area contributed by atoms with E-state index >= 15 is 0 Å². The van der Waals surface area contributed by atoms with Crippen LogP contribution in [0.3, 0.4) is 0 Å². The maximum Gasteiger partial charge on any atom is 0.267 e. The van der Waals surface area contributed by atoms with Crippen molar-refractivity contribution in [2.24, 2.45) is 0 Å². The molecule has 26 heavy (non-hydrogen) atoms. The van der Waals surface area contributed by atoms with Crippen molar-refractivity contribution in [3.05, 3.63) is 76.9 Å². The number of hydrogen-bond donors (Lipinski definition) is 0. The molecule has 1 atom stereocenters. The zero-order valence-electron chi connectivity index (χ0n) is 14.4. The van der Waals surface area contributed by atoms with Crippen LogP contribution in [0.1, 0.15) is 18.9 Å². The Morgan fingerprint density at radius 1 is 1.08 bits per heavy atom. The molecule has 0 fully saturated rings. The van der Waals surface area contributed by atoms with E-state index in [0.29, 0.717) is 17.2 Å². The predicted molar refractivity (Wildman–Crippen MR) is 98.3 cm³/mol. The zero-order chi connectivity index (χ0) is 18.1. The van der Waals surface area contributed by atoms with Crippen LogP contribution < -0.4 is 10.3 Å². The molecule has 0 radical (unpaired) electrons. The quantitative estimate of drug-likeness (QED) is 0.563. The Balaban J connectivity index is 1.77. The topological polar surface area (TPSA) is 70.2 Å². The van der Waals surface area contributed by atoms with E-state index in [4.69, 9.17) is 9.15 Å². The summed E-state index contributed by atoms with van der Waals surface area (Å²) in [6.45, 7) is 1.84. The summed E-state index contributed by atoms with van der Waals surface area (Å²) in [4.78, 5) is 16.8. The van der Waals surface area contributed by atoms with Gasteiger partial charge in [0.2, 0.25) is 5.89 Å². The first-order valence-corrected chi connectivity index (χ1v) is 8.25. The molecule has 0 saturated heterocycles. The van der Waals surface area contributed by atoms with Gasteiger partial charge in [0.1, 0.15) is 17.3 Å². The number of hydrogen-bond acceptors (Lipinski definition) is 5. The SMILES string of the molecule is COc1cccc(-c2ccc(=O)n(C(C)c3nc4ccccc4o3)n2)c1. The summed E-state index contributed by atoms with van der Waals surface area (Å²) in [6, 6.07) is 17.8. The van der Waals surface area contributed by atoms with Crippen molar-refractivity contribution in [1.29, 1.82) is 0 Å². The van der Waals surface area contributed by atoms with Crippen LogP contribution in [0.15, 0.2) is 69.9 Å². The summed E-state index contributed by atoms with van der Waals surface area (Å²) in [5.74, 6) is 1.18. The van der Waals surface area contributed by atoms with E-state index in [0.717, 1.165) is 16.8 Å². The van der Waals surface area contributed by atoms with Crippen LogP contribution in [-0.2, 0) is 0 Å². The molecular weight excluding hydrogens is 330 g/mol.